The monoisotopic (exact) mass is 334 g/mol. The van der Waals surface area contributed by atoms with Crippen molar-refractivity contribution in [2.45, 2.75) is 19.3 Å². The molecule has 0 N–H and O–H groups in total. The summed E-state index contributed by atoms with van der Waals surface area (Å²) in [6.45, 7) is 0.472. The molecule has 0 fully saturated rings. The van der Waals surface area contributed by atoms with E-state index >= 15 is 0 Å². The first-order chi connectivity index (χ1) is 10.6. The van der Waals surface area contributed by atoms with E-state index in [1.807, 2.05) is 18.2 Å². The van der Waals surface area contributed by atoms with Crippen molar-refractivity contribution in [3.63, 3.8) is 0 Å². The highest BCUT2D eigenvalue weighted by atomic mass is 35.5. The van der Waals surface area contributed by atoms with E-state index in [1.54, 1.807) is 18.2 Å². The van der Waals surface area contributed by atoms with E-state index in [2.05, 4.69) is 6.07 Å². The molecule has 1 atom stereocenters. The summed E-state index contributed by atoms with van der Waals surface area (Å²) in [5.74, 6) is 0.931. The molecule has 114 valence electrons. The van der Waals surface area contributed by atoms with Crippen LogP contribution in [-0.2, 0) is 17.6 Å². The van der Waals surface area contributed by atoms with Crippen molar-refractivity contribution in [2.24, 2.45) is 5.92 Å². The summed E-state index contributed by atoms with van der Waals surface area (Å²) >= 11 is 11.9. The van der Waals surface area contributed by atoms with Crippen molar-refractivity contribution in [1.29, 1.82) is 0 Å². The smallest absolute Gasteiger partial charge is 0.140 e. The Morgan fingerprint density at radius 3 is 2.64 bits per heavy atom. The van der Waals surface area contributed by atoms with Crippen LogP contribution < -0.4 is 4.74 Å². The van der Waals surface area contributed by atoms with Gasteiger partial charge in [0, 0.05) is 17.4 Å². The summed E-state index contributed by atoms with van der Waals surface area (Å²) in [6, 6.07) is 13.3. The van der Waals surface area contributed by atoms with E-state index in [4.69, 9.17) is 27.9 Å². The summed E-state index contributed by atoms with van der Waals surface area (Å²) in [4.78, 5) is 12.2. The van der Waals surface area contributed by atoms with Gasteiger partial charge in [-0.25, -0.2) is 0 Å². The zero-order chi connectivity index (χ0) is 15.5. The number of ketones is 1. The van der Waals surface area contributed by atoms with Gasteiger partial charge in [0.2, 0.25) is 0 Å². The third-order valence-electron chi connectivity index (χ3n) is 4.02. The number of fused-ring (bicyclic) bond motifs is 1. The Hall–Kier alpha value is -1.51. The fourth-order valence-electron chi connectivity index (χ4n) is 2.81. The maximum atomic E-state index is 12.2. The van der Waals surface area contributed by atoms with Gasteiger partial charge >= 0.3 is 0 Å². The molecule has 0 aromatic heterocycles. The third kappa shape index (κ3) is 3.45. The van der Waals surface area contributed by atoms with Crippen molar-refractivity contribution in [2.75, 3.05) is 6.61 Å². The molecule has 2 nitrogen and oxygen atoms in total. The Bertz CT molecular complexity index is 697. The van der Waals surface area contributed by atoms with Crippen LogP contribution in [0.5, 0.6) is 5.75 Å². The average Bonchev–Trinajstić information content (AvgIpc) is 2.50. The molecule has 0 saturated heterocycles. The van der Waals surface area contributed by atoms with Gasteiger partial charge in [-0.15, -0.1) is 0 Å². The van der Waals surface area contributed by atoms with Crippen molar-refractivity contribution in [1.82, 2.24) is 0 Å². The van der Waals surface area contributed by atoms with Crippen LogP contribution in [0.15, 0.2) is 42.5 Å². The number of carbonyl (C=O) groups is 1. The Balaban J connectivity index is 1.59. The number of hydrogen-bond donors (Lipinski definition) is 0. The number of carbonyl (C=O) groups excluding carboxylic acids is 1. The largest absolute Gasteiger partial charge is 0.492 e. The Labute approximate surface area is 140 Å². The maximum absolute atomic E-state index is 12.2. The van der Waals surface area contributed by atoms with Gasteiger partial charge < -0.3 is 4.74 Å². The molecule has 3 rings (SSSR count). The summed E-state index contributed by atoms with van der Waals surface area (Å²) in [5.41, 5.74) is 2.43. The summed E-state index contributed by atoms with van der Waals surface area (Å²) in [6.07, 6.45) is 2.03. The Kier molecular flexibility index (Phi) is 4.70. The second-order valence-electron chi connectivity index (χ2n) is 5.52. The first kappa shape index (κ1) is 15.4. The predicted molar refractivity (Wildman–Crippen MR) is 88.9 cm³/mol. The van der Waals surface area contributed by atoms with Gasteiger partial charge in [-0.2, -0.15) is 0 Å². The molecule has 4 heteroatoms. The highest BCUT2D eigenvalue weighted by Gasteiger charge is 2.25. The number of ether oxygens (including phenoxy) is 1. The van der Waals surface area contributed by atoms with Gasteiger partial charge in [-0.1, -0.05) is 47.5 Å². The number of benzene rings is 2. The molecule has 0 amide bonds. The molecular formula is C18H16Cl2O2. The molecule has 1 aliphatic rings. The number of Topliss-reactive ketones (excluding diaryl/α,β-unsaturated/α-hetero) is 1. The molecule has 2 aromatic rings. The van der Waals surface area contributed by atoms with E-state index in [0.717, 1.165) is 12.0 Å². The zero-order valence-corrected chi connectivity index (χ0v) is 13.5. The van der Waals surface area contributed by atoms with E-state index in [1.165, 1.54) is 5.56 Å². The molecule has 0 bridgehead atoms. The molecule has 0 saturated carbocycles. The van der Waals surface area contributed by atoms with Crippen LogP contribution >= 0.6 is 23.2 Å². The van der Waals surface area contributed by atoms with Gasteiger partial charge in [0.05, 0.1) is 11.6 Å². The average molecular weight is 335 g/mol. The summed E-state index contributed by atoms with van der Waals surface area (Å²) in [7, 11) is 0. The van der Waals surface area contributed by atoms with Crippen LogP contribution in [0, 0.1) is 5.92 Å². The second kappa shape index (κ2) is 6.72. The lowest BCUT2D eigenvalue weighted by atomic mass is 9.81. The summed E-state index contributed by atoms with van der Waals surface area (Å²) in [5, 5.41) is 1.07. The number of hydrogen-bond acceptors (Lipinski definition) is 2. The maximum Gasteiger partial charge on any atom is 0.140 e. The van der Waals surface area contributed by atoms with Crippen molar-refractivity contribution < 1.29 is 9.53 Å². The Morgan fingerprint density at radius 2 is 1.86 bits per heavy atom. The normalized spacial score (nSPS) is 17.2. The first-order valence-corrected chi connectivity index (χ1v) is 8.06. The van der Waals surface area contributed by atoms with Crippen molar-refractivity contribution in [3.05, 3.63) is 63.6 Å². The number of halogens is 2. The molecule has 2 aromatic carbocycles. The molecule has 0 spiro atoms. The van der Waals surface area contributed by atoms with Crippen LogP contribution in [0.25, 0.3) is 0 Å². The van der Waals surface area contributed by atoms with Gasteiger partial charge in [-0.3, -0.25) is 4.79 Å². The van der Waals surface area contributed by atoms with Crippen LogP contribution in [0.4, 0.5) is 0 Å². The van der Waals surface area contributed by atoms with Crippen LogP contribution in [0.1, 0.15) is 17.5 Å². The Morgan fingerprint density at radius 1 is 1.09 bits per heavy atom. The van der Waals surface area contributed by atoms with E-state index in [-0.39, 0.29) is 5.92 Å². The van der Waals surface area contributed by atoms with Crippen molar-refractivity contribution in [3.8, 4) is 5.75 Å². The second-order valence-corrected chi connectivity index (χ2v) is 6.37. The van der Waals surface area contributed by atoms with Gasteiger partial charge in [0.1, 0.15) is 11.5 Å². The molecule has 0 aliphatic heterocycles. The molecule has 0 heterocycles. The highest BCUT2D eigenvalue weighted by molar-refractivity contribution is 6.35. The third-order valence-corrected chi connectivity index (χ3v) is 4.55. The van der Waals surface area contributed by atoms with E-state index in [9.17, 15) is 4.79 Å². The lowest BCUT2D eigenvalue weighted by Crippen LogP contribution is -2.26. The molecular weight excluding hydrogens is 319 g/mol. The predicted octanol–water partition coefficient (Wildman–Crippen LogP) is 4.75. The minimum atomic E-state index is 0.0287. The van der Waals surface area contributed by atoms with Crippen LogP contribution in [0.3, 0.4) is 0 Å². The minimum Gasteiger partial charge on any atom is -0.492 e. The van der Waals surface area contributed by atoms with E-state index < -0.39 is 0 Å². The van der Waals surface area contributed by atoms with Gasteiger partial charge in [-0.05, 0) is 42.2 Å². The highest BCUT2D eigenvalue weighted by Crippen LogP contribution is 2.29. The fraction of sp³-hybridized carbons (Fsp3) is 0.278. The van der Waals surface area contributed by atoms with Gasteiger partial charge in [0.25, 0.3) is 0 Å². The first-order valence-electron chi connectivity index (χ1n) is 7.31. The summed E-state index contributed by atoms with van der Waals surface area (Å²) < 4.78 is 5.69. The zero-order valence-electron chi connectivity index (χ0n) is 12.0. The lowest BCUT2D eigenvalue weighted by Gasteiger charge is -2.23. The molecule has 22 heavy (non-hydrogen) atoms. The topological polar surface area (TPSA) is 26.3 Å². The number of rotatable bonds is 4. The quantitative estimate of drug-likeness (QED) is 0.806. The fourth-order valence-corrected chi connectivity index (χ4v) is 3.27. The minimum absolute atomic E-state index is 0.0287. The molecule has 1 aliphatic carbocycles. The van der Waals surface area contributed by atoms with Gasteiger partial charge in [0.15, 0.2) is 0 Å². The SMILES string of the molecule is O=C1Cc2ccccc2CC1CCOc1ccc(Cl)cc1Cl. The van der Waals surface area contributed by atoms with Crippen LogP contribution in [0.2, 0.25) is 10.0 Å². The van der Waals surface area contributed by atoms with Crippen LogP contribution in [-0.4, -0.2) is 12.4 Å². The standard InChI is InChI=1S/C18H16Cl2O2/c19-15-5-6-18(16(20)11-15)22-8-7-14-9-12-3-1-2-4-13(12)10-17(14)21/h1-6,11,14H,7-10H2. The lowest BCUT2D eigenvalue weighted by molar-refractivity contribution is -0.123. The van der Waals surface area contributed by atoms with Crippen molar-refractivity contribution >= 4 is 29.0 Å². The van der Waals surface area contributed by atoms with E-state index in [0.29, 0.717) is 41.0 Å². The molecule has 0 radical (unpaired) electrons. The molecule has 1 unspecified atom stereocenters.